The van der Waals surface area contributed by atoms with Crippen molar-refractivity contribution in [2.24, 2.45) is 0 Å². The normalized spacial score (nSPS) is 13.7. The molecule has 1 unspecified atom stereocenters. The lowest BCUT2D eigenvalue weighted by Crippen LogP contribution is -2.22. The molecule has 0 radical (unpaired) electrons. The first kappa shape index (κ1) is 16.1. The molecule has 0 spiro atoms. The molecule has 1 N–H and O–H groups in total. The Labute approximate surface area is 122 Å². The van der Waals surface area contributed by atoms with E-state index in [4.69, 9.17) is 0 Å². The molecule has 0 aliphatic carbocycles. The number of hydrogen-bond donors (Lipinski definition) is 1. The highest BCUT2D eigenvalue weighted by atomic mass is 79.9. The van der Waals surface area contributed by atoms with Gasteiger partial charge in [-0.3, -0.25) is 0 Å². The summed E-state index contributed by atoms with van der Waals surface area (Å²) < 4.78 is 23.4. The van der Waals surface area contributed by atoms with E-state index in [9.17, 15) is 8.42 Å². The van der Waals surface area contributed by atoms with Gasteiger partial charge in [-0.2, -0.15) is 0 Å². The molecule has 1 heterocycles. The smallest absolute Gasteiger partial charge is 0.147 e. The fourth-order valence-electron chi connectivity index (χ4n) is 1.73. The predicted molar refractivity (Wildman–Crippen MR) is 82.0 cm³/mol. The van der Waals surface area contributed by atoms with E-state index in [1.165, 1.54) is 11.1 Å². The minimum atomic E-state index is -2.85. The molecular weight excluding hydrogens is 334 g/mol. The van der Waals surface area contributed by atoms with E-state index in [1.54, 1.807) is 11.3 Å². The van der Waals surface area contributed by atoms with Gasteiger partial charge in [0.2, 0.25) is 0 Å². The Morgan fingerprint density at radius 2 is 2.17 bits per heavy atom. The molecule has 1 aromatic heterocycles. The van der Waals surface area contributed by atoms with E-state index < -0.39 is 9.84 Å². The molecule has 0 aliphatic heterocycles. The molecule has 6 heteroatoms. The molecule has 0 fully saturated rings. The zero-order valence-corrected chi connectivity index (χ0v) is 14.0. The molecule has 0 amide bonds. The van der Waals surface area contributed by atoms with Crippen molar-refractivity contribution >= 4 is 37.1 Å². The molecule has 0 aliphatic rings. The summed E-state index contributed by atoms with van der Waals surface area (Å²) >= 11 is 5.17. The summed E-state index contributed by atoms with van der Waals surface area (Å²) in [5.74, 6) is 0.268. The SMILES string of the molecule is CCCNC(CCCS(C)(=O)=O)c1ccc(Br)s1. The molecule has 104 valence electrons. The van der Waals surface area contributed by atoms with Crippen LogP contribution in [0.1, 0.15) is 37.1 Å². The highest BCUT2D eigenvalue weighted by Gasteiger charge is 2.14. The minimum Gasteiger partial charge on any atom is -0.309 e. The topological polar surface area (TPSA) is 46.2 Å². The van der Waals surface area contributed by atoms with Crippen LogP contribution in [-0.4, -0.2) is 27.0 Å². The summed E-state index contributed by atoms with van der Waals surface area (Å²) in [5.41, 5.74) is 0. The maximum Gasteiger partial charge on any atom is 0.147 e. The van der Waals surface area contributed by atoms with Gasteiger partial charge in [0.25, 0.3) is 0 Å². The third kappa shape index (κ3) is 6.31. The second kappa shape index (κ2) is 7.62. The van der Waals surface area contributed by atoms with Crippen LogP contribution in [0.3, 0.4) is 0 Å². The summed E-state index contributed by atoms with van der Waals surface area (Å²) in [6.07, 6.45) is 3.94. The average molecular weight is 354 g/mol. The lowest BCUT2D eigenvalue weighted by Gasteiger charge is -2.16. The highest BCUT2D eigenvalue weighted by molar-refractivity contribution is 9.11. The van der Waals surface area contributed by atoms with Crippen molar-refractivity contribution in [3.63, 3.8) is 0 Å². The van der Waals surface area contributed by atoms with Gasteiger partial charge >= 0.3 is 0 Å². The molecule has 0 saturated heterocycles. The molecule has 0 bridgehead atoms. The summed E-state index contributed by atoms with van der Waals surface area (Å²) in [4.78, 5) is 1.27. The molecule has 3 nitrogen and oxygen atoms in total. The van der Waals surface area contributed by atoms with Gasteiger partial charge in [0.15, 0.2) is 0 Å². The van der Waals surface area contributed by atoms with Crippen molar-refractivity contribution in [2.75, 3.05) is 18.6 Å². The van der Waals surface area contributed by atoms with Crippen LogP contribution >= 0.6 is 27.3 Å². The van der Waals surface area contributed by atoms with Crippen LogP contribution < -0.4 is 5.32 Å². The van der Waals surface area contributed by atoms with E-state index in [-0.39, 0.29) is 11.8 Å². The number of thiophene rings is 1. The Morgan fingerprint density at radius 1 is 1.44 bits per heavy atom. The summed E-state index contributed by atoms with van der Waals surface area (Å²) in [7, 11) is -2.85. The zero-order chi connectivity index (χ0) is 13.6. The van der Waals surface area contributed by atoms with Gasteiger partial charge in [0, 0.05) is 22.9 Å². The Balaban J connectivity index is 2.56. The second-order valence-corrected chi connectivity index (χ2v) is 9.18. The van der Waals surface area contributed by atoms with E-state index in [2.05, 4.69) is 34.2 Å². The average Bonchev–Trinajstić information content (AvgIpc) is 2.68. The molecule has 0 aromatic carbocycles. The van der Waals surface area contributed by atoms with Crippen LogP contribution in [0.2, 0.25) is 0 Å². The fourth-order valence-corrected chi connectivity index (χ4v) is 3.95. The number of nitrogens with one attached hydrogen (secondary N) is 1. The number of hydrogen-bond acceptors (Lipinski definition) is 4. The standard InChI is InChI=1S/C12H20BrNO2S2/c1-3-8-14-10(5-4-9-18(2,15)16)11-6-7-12(13)17-11/h6-7,10,14H,3-5,8-9H2,1-2H3. The van der Waals surface area contributed by atoms with E-state index in [0.29, 0.717) is 6.42 Å². The number of rotatable bonds is 8. The lowest BCUT2D eigenvalue weighted by atomic mass is 10.1. The molecule has 1 atom stereocenters. The first-order valence-corrected chi connectivity index (χ1v) is 9.75. The minimum absolute atomic E-state index is 0.267. The zero-order valence-electron chi connectivity index (χ0n) is 10.8. The Hall–Kier alpha value is 0.0900. The number of halogens is 1. The van der Waals surface area contributed by atoms with Crippen LogP contribution in [0.15, 0.2) is 15.9 Å². The fraction of sp³-hybridized carbons (Fsp3) is 0.667. The van der Waals surface area contributed by atoms with Gasteiger partial charge in [-0.1, -0.05) is 6.92 Å². The van der Waals surface area contributed by atoms with Crippen molar-refractivity contribution in [1.29, 1.82) is 0 Å². The third-order valence-corrected chi connectivity index (χ3v) is 5.35. The summed E-state index contributed by atoms with van der Waals surface area (Å²) in [6, 6.07) is 4.41. The van der Waals surface area contributed by atoms with Crippen molar-refractivity contribution in [2.45, 2.75) is 32.2 Å². The second-order valence-electron chi connectivity index (χ2n) is 4.42. The van der Waals surface area contributed by atoms with Crippen molar-refractivity contribution in [3.8, 4) is 0 Å². The molecule has 0 saturated carbocycles. The largest absolute Gasteiger partial charge is 0.309 e. The van der Waals surface area contributed by atoms with Gasteiger partial charge < -0.3 is 5.32 Å². The highest BCUT2D eigenvalue weighted by Crippen LogP contribution is 2.29. The van der Waals surface area contributed by atoms with Crippen LogP contribution in [-0.2, 0) is 9.84 Å². The monoisotopic (exact) mass is 353 g/mol. The maximum absolute atomic E-state index is 11.1. The van der Waals surface area contributed by atoms with Gasteiger partial charge in [0.05, 0.1) is 3.79 Å². The quantitative estimate of drug-likeness (QED) is 0.779. The predicted octanol–water partition coefficient (Wildman–Crippen LogP) is 3.38. The molecule has 18 heavy (non-hydrogen) atoms. The Bertz CT molecular complexity index is 456. The molecule has 1 aromatic rings. The van der Waals surface area contributed by atoms with Gasteiger partial charge in [-0.05, 0) is 53.9 Å². The first-order chi connectivity index (χ1) is 8.42. The lowest BCUT2D eigenvalue weighted by molar-refractivity contribution is 0.499. The Kier molecular flexibility index (Phi) is 6.84. The summed E-state index contributed by atoms with van der Waals surface area (Å²) in [6.45, 7) is 3.09. The van der Waals surface area contributed by atoms with Crippen molar-refractivity contribution in [3.05, 3.63) is 20.8 Å². The van der Waals surface area contributed by atoms with E-state index in [1.807, 2.05) is 6.07 Å². The molecule has 1 rings (SSSR count). The van der Waals surface area contributed by atoms with Crippen LogP contribution in [0.4, 0.5) is 0 Å². The first-order valence-electron chi connectivity index (χ1n) is 6.08. The Morgan fingerprint density at radius 3 is 2.67 bits per heavy atom. The third-order valence-electron chi connectivity index (χ3n) is 2.59. The van der Waals surface area contributed by atoms with Crippen molar-refractivity contribution in [1.82, 2.24) is 5.32 Å². The van der Waals surface area contributed by atoms with Crippen LogP contribution in [0.25, 0.3) is 0 Å². The van der Waals surface area contributed by atoms with Crippen molar-refractivity contribution < 1.29 is 8.42 Å². The maximum atomic E-state index is 11.1. The summed E-state index contributed by atoms with van der Waals surface area (Å²) in [5, 5.41) is 3.48. The van der Waals surface area contributed by atoms with Gasteiger partial charge in [-0.25, -0.2) is 8.42 Å². The molecular formula is C12H20BrNO2S2. The van der Waals surface area contributed by atoms with Gasteiger partial charge in [0.1, 0.15) is 9.84 Å². The number of sulfone groups is 1. The van der Waals surface area contributed by atoms with Crippen LogP contribution in [0.5, 0.6) is 0 Å². The van der Waals surface area contributed by atoms with Gasteiger partial charge in [-0.15, -0.1) is 11.3 Å². The van der Waals surface area contributed by atoms with Crippen LogP contribution in [0, 0.1) is 0 Å². The van der Waals surface area contributed by atoms with E-state index in [0.717, 1.165) is 23.2 Å². The van der Waals surface area contributed by atoms with E-state index >= 15 is 0 Å².